The van der Waals surface area contributed by atoms with Crippen molar-refractivity contribution in [2.45, 2.75) is 13.8 Å². The molecule has 0 aliphatic heterocycles. The van der Waals surface area contributed by atoms with Gasteiger partial charge in [0.1, 0.15) is 7.80 Å². The van der Waals surface area contributed by atoms with Gasteiger partial charge in [0.05, 0.1) is 15.6 Å². The van der Waals surface area contributed by atoms with Gasteiger partial charge in [-0.25, -0.2) is 0 Å². The molecule has 0 N–H and O–H groups in total. The average molecular weight is 354 g/mol. The van der Waals surface area contributed by atoms with Crippen molar-refractivity contribution in [3.05, 3.63) is 63.6 Å². The van der Waals surface area contributed by atoms with Gasteiger partial charge in [-0.15, -0.1) is 0 Å². The number of benzene rings is 2. The molecule has 1 radical (unpaired) electrons. The molecule has 2 aromatic rings. The standard InChI is InChI=1S/C17H16Cl2O2P/c1-11(2)10-22(21)15-9-4-3-6-12(15)17(20)16-13(18)7-5-8-14(16)19/h3-9,11H,10H2,1-2H3. The van der Waals surface area contributed by atoms with Gasteiger partial charge >= 0.3 is 0 Å². The number of hydrogen-bond donors (Lipinski definition) is 0. The van der Waals surface area contributed by atoms with Gasteiger partial charge in [0.25, 0.3) is 0 Å². The molecule has 5 heteroatoms. The maximum absolute atomic E-state index is 12.8. The van der Waals surface area contributed by atoms with Crippen molar-refractivity contribution >= 4 is 42.1 Å². The van der Waals surface area contributed by atoms with E-state index in [1.807, 2.05) is 13.8 Å². The summed E-state index contributed by atoms with van der Waals surface area (Å²) in [7, 11) is -1.64. The first-order valence-corrected chi connectivity index (χ1v) is 9.14. The van der Waals surface area contributed by atoms with Gasteiger partial charge in [-0.2, -0.15) is 0 Å². The van der Waals surface area contributed by atoms with Crippen LogP contribution in [0, 0.1) is 5.92 Å². The minimum atomic E-state index is -1.64. The predicted molar refractivity (Wildman–Crippen MR) is 93.3 cm³/mol. The average Bonchev–Trinajstić information content (AvgIpc) is 2.46. The second kappa shape index (κ2) is 7.37. The predicted octanol–water partition coefficient (Wildman–Crippen LogP) is 5.33. The van der Waals surface area contributed by atoms with E-state index < -0.39 is 7.80 Å². The summed E-state index contributed by atoms with van der Waals surface area (Å²) < 4.78 is 12.5. The van der Waals surface area contributed by atoms with Gasteiger partial charge in [-0.3, -0.25) is 9.36 Å². The third kappa shape index (κ3) is 3.76. The van der Waals surface area contributed by atoms with Gasteiger partial charge in [-0.05, 0) is 30.2 Å². The Labute approximate surface area is 141 Å². The summed E-state index contributed by atoms with van der Waals surface area (Å²) in [5, 5.41) is 1.16. The molecule has 0 aliphatic rings. The quantitative estimate of drug-likeness (QED) is 0.537. The second-order valence-corrected chi connectivity index (χ2v) is 7.82. The summed E-state index contributed by atoms with van der Waals surface area (Å²) in [6.07, 6.45) is 0.538. The van der Waals surface area contributed by atoms with E-state index in [2.05, 4.69) is 0 Å². The Morgan fingerprint density at radius 2 is 1.64 bits per heavy atom. The third-order valence-electron chi connectivity index (χ3n) is 3.14. The van der Waals surface area contributed by atoms with Crippen molar-refractivity contribution in [2.75, 3.05) is 6.16 Å². The highest BCUT2D eigenvalue weighted by Gasteiger charge is 2.21. The van der Waals surface area contributed by atoms with Crippen LogP contribution in [-0.4, -0.2) is 11.9 Å². The van der Waals surface area contributed by atoms with Crippen LogP contribution < -0.4 is 5.30 Å². The lowest BCUT2D eigenvalue weighted by Crippen LogP contribution is -2.15. The van der Waals surface area contributed by atoms with E-state index in [4.69, 9.17) is 23.2 Å². The molecule has 0 fully saturated rings. The molecule has 0 amide bonds. The lowest BCUT2D eigenvalue weighted by Gasteiger charge is -2.11. The van der Waals surface area contributed by atoms with E-state index in [0.717, 1.165) is 0 Å². The number of rotatable bonds is 5. The van der Waals surface area contributed by atoms with Crippen LogP contribution in [0.4, 0.5) is 0 Å². The highest BCUT2D eigenvalue weighted by Crippen LogP contribution is 2.30. The number of carbonyl (C=O) groups excluding carboxylic acids is 1. The fourth-order valence-electron chi connectivity index (χ4n) is 2.16. The van der Waals surface area contributed by atoms with E-state index in [-0.39, 0.29) is 17.3 Å². The molecule has 0 aliphatic carbocycles. The fourth-order valence-corrected chi connectivity index (χ4v) is 4.29. The van der Waals surface area contributed by atoms with Crippen LogP contribution in [0.1, 0.15) is 29.8 Å². The maximum atomic E-state index is 12.8. The SMILES string of the molecule is CC(C)C[P](=O)c1ccccc1C(=O)c1c(Cl)cccc1Cl. The van der Waals surface area contributed by atoms with Crippen molar-refractivity contribution in [3.8, 4) is 0 Å². The maximum Gasteiger partial charge on any atom is 0.197 e. The smallest absolute Gasteiger partial charge is 0.197 e. The van der Waals surface area contributed by atoms with Crippen LogP contribution in [-0.2, 0) is 4.57 Å². The zero-order chi connectivity index (χ0) is 16.3. The van der Waals surface area contributed by atoms with Crippen molar-refractivity contribution in [3.63, 3.8) is 0 Å². The monoisotopic (exact) mass is 353 g/mol. The molecular weight excluding hydrogens is 338 g/mol. The summed E-state index contributed by atoms with van der Waals surface area (Å²) in [5.41, 5.74) is 0.658. The Morgan fingerprint density at radius 3 is 2.23 bits per heavy atom. The number of hydrogen-bond acceptors (Lipinski definition) is 2. The largest absolute Gasteiger partial charge is 0.288 e. The van der Waals surface area contributed by atoms with Crippen molar-refractivity contribution in [1.29, 1.82) is 0 Å². The first-order chi connectivity index (χ1) is 10.4. The van der Waals surface area contributed by atoms with E-state index in [1.54, 1.807) is 42.5 Å². The Balaban J connectivity index is 2.49. The van der Waals surface area contributed by atoms with Gasteiger partial charge < -0.3 is 0 Å². The molecule has 2 aromatic carbocycles. The minimum absolute atomic E-state index is 0.256. The van der Waals surface area contributed by atoms with Gasteiger partial charge in [0, 0.05) is 17.0 Å². The van der Waals surface area contributed by atoms with E-state index in [9.17, 15) is 9.36 Å². The molecule has 0 saturated carbocycles. The van der Waals surface area contributed by atoms with Crippen LogP contribution in [0.2, 0.25) is 10.0 Å². The van der Waals surface area contributed by atoms with Crippen LogP contribution >= 0.6 is 31.0 Å². The van der Waals surface area contributed by atoms with E-state index in [1.165, 1.54) is 0 Å². The van der Waals surface area contributed by atoms with Crippen LogP contribution in [0.5, 0.6) is 0 Å². The molecule has 0 heterocycles. The second-order valence-electron chi connectivity index (χ2n) is 5.40. The lowest BCUT2D eigenvalue weighted by atomic mass is 10.0. The Hall–Kier alpha value is -1.21. The molecule has 0 aromatic heterocycles. The number of halogens is 2. The summed E-state index contributed by atoms with van der Waals surface area (Å²) in [6, 6.07) is 11.9. The normalized spacial score (nSPS) is 11.6. The summed E-state index contributed by atoms with van der Waals surface area (Å²) >= 11 is 12.2. The Kier molecular flexibility index (Phi) is 5.74. The zero-order valence-corrected chi connectivity index (χ0v) is 14.8. The molecule has 1 atom stereocenters. The van der Waals surface area contributed by atoms with Crippen LogP contribution in [0.25, 0.3) is 0 Å². The van der Waals surface area contributed by atoms with Crippen LogP contribution in [0.15, 0.2) is 42.5 Å². The first kappa shape index (κ1) is 17.1. The summed E-state index contributed by atoms with van der Waals surface area (Å²) in [4.78, 5) is 12.8. The fraction of sp³-hybridized carbons (Fsp3) is 0.235. The van der Waals surface area contributed by atoms with Gasteiger partial charge in [0.15, 0.2) is 5.78 Å². The molecule has 0 saturated heterocycles. The molecule has 0 spiro atoms. The lowest BCUT2D eigenvalue weighted by molar-refractivity contribution is 0.104. The number of ketones is 1. The van der Waals surface area contributed by atoms with Gasteiger partial charge in [0.2, 0.25) is 0 Å². The highest BCUT2D eigenvalue weighted by molar-refractivity contribution is 7.53. The molecule has 22 heavy (non-hydrogen) atoms. The molecular formula is C17H16Cl2O2P. The molecule has 2 nitrogen and oxygen atoms in total. The van der Waals surface area contributed by atoms with Crippen molar-refractivity contribution in [2.24, 2.45) is 5.92 Å². The van der Waals surface area contributed by atoms with Crippen molar-refractivity contribution in [1.82, 2.24) is 0 Å². The molecule has 2 rings (SSSR count). The molecule has 1 unspecified atom stereocenters. The number of carbonyl (C=O) groups is 1. The molecule has 115 valence electrons. The first-order valence-electron chi connectivity index (χ1n) is 6.94. The van der Waals surface area contributed by atoms with Crippen LogP contribution in [0.3, 0.4) is 0 Å². The summed E-state index contributed by atoms with van der Waals surface area (Å²) in [5.74, 6) is -0.00558. The summed E-state index contributed by atoms with van der Waals surface area (Å²) in [6.45, 7) is 4.01. The van der Waals surface area contributed by atoms with Gasteiger partial charge in [-0.1, -0.05) is 55.2 Å². The zero-order valence-electron chi connectivity index (χ0n) is 12.3. The Bertz CT molecular complexity index is 706. The Morgan fingerprint density at radius 1 is 1.05 bits per heavy atom. The van der Waals surface area contributed by atoms with E-state index in [0.29, 0.717) is 27.1 Å². The van der Waals surface area contributed by atoms with E-state index >= 15 is 0 Å². The third-order valence-corrected chi connectivity index (χ3v) is 5.76. The topological polar surface area (TPSA) is 34.1 Å². The van der Waals surface area contributed by atoms with Crippen molar-refractivity contribution < 1.29 is 9.36 Å². The molecule has 0 bridgehead atoms. The highest BCUT2D eigenvalue weighted by atomic mass is 35.5. The minimum Gasteiger partial charge on any atom is -0.288 e.